The van der Waals surface area contributed by atoms with E-state index in [0.29, 0.717) is 15.5 Å². The lowest BCUT2D eigenvalue weighted by Crippen LogP contribution is -2.94. The Morgan fingerprint density at radius 1 is 1.00 bits per heavy atom. The fraction of sp³-hybridized carbons (Fsp3) is 0.600. The lowest BCUT2D eigenvalue weighted by Gasteiger charge is -2.30. The Labute approximate surface area is 121 Å². The molecule has 0 atom stereocenters. The van der Waals surface area contributed by atoms with Crippen molar-refractivity contribution >= 4 is 23.2 Å². The van der Waals surface area contributed by atoms with E-state index in [0.717, 1.165) is 6.54 Å². The van der Waals surface area contributed by atoms with Gasteiger partial charge in [-0.2, -0.15) is 0 Å². The molecule has 0 bridgehead atoms. The van der Waals surface area contributed by atoms with Crippen molar-refractivity contribution < 1.29 is 5.32 Å². The number of hydrogen-bond acceptors (Lipinski definition) is 0. The minimum Gasteiger partial charge on any atom is -0.338 e. The molecule has 1 aromatic rings. The highest BCUT2D eigenvalue weighted by molar-refractivity contribution is 6.41. The summed E-state index contributed by atoms with van der Waals surface area (Å²) >= 11 is 11.9. The number of rotatable bonds is 4. The van der Waals surface area contributed by atoms with Crippen LogP contribution >= 0.6 is 23.2 Å². The molecule has 0 saturated carbocycles. The lowest BCUT2D eigenvalue weighted by atomic mass is 9.82. The van der Waals surface area contributed by atoms with Gasteiger partial charge in [-0.3, -0.25) is 0 Å². The molecule has 3 heteroatoms. The van der Waals surface area contributed by atoms with Gasteiger partial charge in [-0.15, -0.1) is 0 Å². The summed E-state index contributed by atoms with van der Waals surface area (Å²) in [5.41, 5.74) is 1.79. The summed E-state index contributed by atoms with van der Waals surface area (Å²) in [5.74, 6) is 0. The molecule has 1 aromatic carbocycles. The molecule has 0 aliphatic rings. The first-order valence-corrected chi connectivity index (χ1v) is 7.13. The zero-order chi connectivity index (χ0) is 14.0. The van der Waals surface area contributed by atoms with Gasteiger partial charge in [0.2, 0.25) is 0 Å². The van der Waals surface area contributed by atoms with E-state index in [-0.39, 0.29) is 5.54 Å². The van der Waals surface area contributed by atoms with Crippen molar-refractivity contribution in [3.05, 3.63) is 33.8 Å². The van der Waals surface area contributed by atoms with Crippen molar-refractivity contribution in [1.29, 1.82) is 0 Å². The highest BCUT2D eigenvalue weighted by Crippen LogP contribution is 2.25. The van der Waals surface area contributed by atoms with Crippen LogP contribution in [0.4, 0.5) is 0 Å². The molecule has 1 nitrogen and oxygen atoms in total. The molecule has 0 amide bonds. The van der Waals surface area contributed by atoms with Gasteiger partial charge in [0.25, 0.3) is 0 Å². The van der Waals surface area contributed by atoms with Crippen LogP contribution in [-0.2, 0) is 6.54 Å². The molecule has 2 N–H and O–H groups in total. The Balaban J connectivity index is 2.61. The van der Waals surface area contributed by atoms with Crippen molar-refractivity contribution in [2.24, 2.45) is 5.41 Å². The minimum absolute atomic E-state index is 0.227. The first-order chi connectivity index (χ1) is 8.09. The zero-order valence-electron chi connectivity index (χ0n) is 12.0. The van der Waals surface area contributed by atoms with Gasteiger partial charge in [0.1, 0.15) is 6.54 Å². The summed E-state index contributed by atoms with van der Waals surface area (Å²) in [4.78, 5) is 0. The molecular formula is C15H24Cl2N+. The van der Waals surface area contributed by atoms with Crippen LogP contribution in [0, 0.1) is 5.41 Å². The molecule has 0 aliphatic heterocycles. The van der Waals surface area contributed by atoms with Crippen LogP contribution in [0.2, 0.25) is 10.0 Å². The first-order valence-electron chi connectivity index (χ1n) is 6.37. The smallest absolute Gasteiger partial charge is 0.102 e. The summed E-state index contributed by atoms with van der Waals surface area (Å²) in [6, 6.07) is 5.86. The Hall–Kier alpha value is -0.240. The van der Waals surface area contributed by atoms with E-state index in [9.17, 15) is 0 Å². The van der Waals surface area contributed by atoms with Crippen LogP contribution in [0.15, 0.2) is 18.2 Å². The van der Waals surface area contributed by atoms with Crippen LogP contribution in [0.5, 0.6) is 0 Å². The van der Waals surface area contributed by atoms with Gasteiger partial charge in [-0.1, -0.05) is 50.0 Å². The predicted molar refractivity (Wildman–Crippen MR) is 80.2 cm³/mol. The van der Waals surface area contributed by atoms with Crippen molar-refractivity contribution in [3.63, 3.8) is 0 Å². The Morgan fingerprint density at radius 3 is 2.11 bits per heavy atom. The van der Waals surface area contributed by atoms with Crippen molar-refractivity contribution in [1.82, 2.24) is 0 Å². The molecular weight excluding hydrogens is 265 g/mol. The maximum absolute atomic E-state index is 6.02. The highest BCUT2D eigenvalue weighted by atomic mass is 35.5. The number of benzene rings is 1. The fourth-order valence-corrected chi connectivity index (χ4v) is 2.82. The number of halogens is 2. The van der Waals surface area contributed by atoms with E-state index in [1.807, 2.05) is 18.2 Å². The van der Waals surface area contributed by atoms with Crippen molar-refractivity contribution in [3.8, 4) is 0 Å². The normalized spacial score (nSPS) is 12.8. The van der Waals surface area contributed by atoms with Crippen LogP contribution in [0.1, 0.15) is 46.6 Å². The zero-order valence-corrected chi connectivity index (χ0v) is 13.5. The Kier molecular flexibility index (Phi) is 5.11. The van der Waals surface area contributed by atoms with Gasteiger partial charge in [-0.25, -0.2) is 0 Å². The summed E-state index contributed by atoms with van der Waals surface area (Å²) in [7, 11) is 0. The molecule has 0 radical (unpaired) electrons. The standard InChI is InChI=1S/C15H23Cl2N/c1-14(2,3)10-15(4,5)18-9-11-6-7-12(16)13(17)8-11/h6-8,18H,9-10H2,1-5H3/p+1. The summed E-state index contributed by atoms with van der Waals surface area (Å²) in [6.45, 7) is 12.3. The van der Waals surface area contributed by atoms with Crippen LogP contribution < -0.4 is 5.32 Å². The summed E-state index contributed by atoms with van der Waals surface area (Å²) in [5, 5.41) is 3.63. The molecule has 0 aromatic heterocycles. The average molecular weight is 289 g/mol. The third-order valence-electron chi connectivity index (χ3n) is 2.86. The number of quaternary nitrogens is 1. The quantitative estimate of drug-likeness (QED) is 0.852. The summed E-state index contributed by atoms with van der Waals surface area (Å²) in [6.07, 6.45) is 1.17. The van der Waals surface area contributed by atoms with Crippen LogP contribution in [0.25, 0.3) is 0 Å². The molecule has 1 rings (SSSR count). The third-order valence-corrected chi connectivity index (χ3v) is 3.60. The van der Waals surface area contributed by atoms with Crippen LogP contribution in [0.3, 0.4) is 0 Å². The maximum Gasteiger partial charge on any atom is 0.102 e. The second-order valence-electron chi connectivity index (χ2n) is 6.88. The summed E-state index contributed by atoms with van der Waals surface area (Å²) < 4.78 is 0. The highest BCUT2D eigenvalue weighted by Gasteiger charge is 2.28. The number of nitrogens with two attached hydrogens (primary N) is 1. The van der Waals surface area contributed by atoms with Gasteiger partial charge in [0.15, 0.2) is 0 Å². The maximum atomic E-state index is 6.02. The topological polar surface area (TPSA) is 16.6 Å². The van der Waals surface area contributed by atoms with E-state index in [4.69, 9.17) is 23.2 Å². The molecule has 0 fully saturated rings. The Morgan fingerprint density at radius 2 is 1.61 bits per heavy atom. The second kappa shape index (κ2) is 5.81. The van der Waals surface area contributed by atoms with E-state index in [1.54, 1.807) is 0 Å². The minimum atomic E-state index is 0.227. The molecule has 18 heavy (non-hydrogen) atoms. The molecule has 0 aliphatic carbocycles. The van der Waals surface area contributed by atoms with Crippen LogP contribution in [-0.4, -0.2) is 5.54 Å². The first kappa shape index (κ1) is 15.8. The third kappa shape index (κ3) is 5.60. The molecule has 0 unspecified atom stereocenters. The predicted octanol–water partition coefficient (Wildman–Crippen LogP) is 4.27. The number of hydrogen-bond donors (Lipinski definition) is 1. The van der Waals surface area contributed by atoms with Gasteiger partial charge < -0.3 is 5.32 Å². The molecule has 0 spiro atoms. The van der Waals surface area contributed by atoms with E-state index >= 15 is 0 Å². The molecule has 0 saturated heterocycles. The van der Waals surface area contributed by atoms with Crippen molar-refractivity contribution in [2.45, 2.75) is 53.1 Å². The van der Waals surface area contributed by atoms with Crippen molar-refractivity contribution in [2.75, 3.05) is 0 Å². The fourth-order valence-electron chi connectivity index (χ4n) is 2.50. The average Bonchev–Trinajstić information content (AvgIpc) is 2.16. The van der Waals surface area contributed by atoms with Gasteiger partial charge >= 0.3 is 0 Å². The second-order valence-corrected chi connectivity index (χ2v) is 7.70. The molecule has 102 valence electrons. The Bertz CT molecular complexity index is 405. The van der Waals surface area contributed by atoms with E-state index in [2.05, 4.69) is 39.9 Å². The lowest BCUT2D eigenvalue weighted by molar-refractivity contribution is -0.737. The SMILES string of the molecule is CC(C)(C)CC(C)(C)[NH2+]Cc1ccc(Cl)c(Cl)c1. The van der Waals surface area contributed by atoms with Gasteiger partial charge in [-0.05, 0) is 31.4 Å². The van der Waals surface area contributed by atoms with E-state index < -0.39 is 0 Å². The van der Waals surface area contributed by atoms with Gasteiger partial charge in [0.05, 0.1) is 15.6 Å². The largest absolute Gasteiger partial charge is 0.338 e. The monoisotopic (exact) mass is 288 g/mol. The van der Waals surface area contributed by atoms with Gasteiger partial charge in [0, 0.05) is 12.0 Å². The van der Waals surface area contributed by atoms with E-state index in [1.165, 1.54) is 12.0 Å². The molecule has 0 heterocycles.